The molecule has 0 saturated carbocycles. The van der Waals surface area contributed by atoms with Crippen LogP contribution in [0, 0.1) is 0 Å². The third-order valence-corrected chi connectivity index (χ3v) is 4.56. The summed E-state index contributed by atoms with van der Waals surface area (Å²) in [5.74, 6) is -0.972. The Morgan fingerprint density at radius 1 is 1.10 bits per heavy atom. The molecule has 7 heteroatoms. The van der Waals surface area contributed by atoms with Gasteiger partial charge in [-0.15, -0.1) is 0 Å². The van der Waals surface area contributed by atoms with Gasteiger partial charge in [0.15, 0.2) is 0 Å². The standard InChI is InChI=1S/C22H24N4O3/c1-24-13-21(27)29-14-15-2-4-16(5-3-15)20(11-23)22(28)26-19-7-6-18-12-25-9-8-17(18)10-19/h2-10,12,20,24H,11,13-14,23H2,1H3,(H,26,28). The normalized spacial score (nSPS) is 11.8. The Morgan fingerprint density at radius 2 is 1.90 bits per heavy atom. The molecule has 150 valence electrons. The topological polar surface area (TPSA) is 106 Å². The van der Waals surface area contributed by atoms with E-state index >= 15 is 0 Å². The molecule has 7 nitrogen and oxygen atoms in total. The highest BCUT2D eigenvalue weighted by Crippen LogP contribution is 2.21. The minimum Gasteiger partial charge on any atom is -0.460 e. The van der Waals surface area contributed by atoms with Crippen LogP contribution >= 0.6 is 0 Å². The Morgan fingerprint density at radius 3 is 2.62 bits per heavy atom. The second-order valence-electron chi connectivity index (χ2n) is 6.65. The maximum atomic E-state index is 12.8. The van der Waals surface area contributed by atoms with Crippen LogP contribution in [-0.2, 0) is 20.9 Å². The van der Waals surface area contributed by atoms with Gasteiger partial charge >= 0.3 is 5.97 Å². The molecule has 2 aromatic carbocycles. The summed E-state index contributed by atoms with van der Waals surface area (Å²) in [6, 6.07) is 14.9. The molecular weight excluding hydrogens is 368 g/mol. The first kappa shape index (κ1) is 20.4. The first-order chi connectivity index (χ1) is 14.1. The maximum Gasteiger partial charge on any atom is 0.320 e. The molecule has 0 aliphatic heterocycles. The Balaban J connectivity index is 1.66. The van der Waals surface area contributed by atoms with Crippen molar-refractivity contribution in [2.45, 2.75) is 12.5 Å². The van der Waals surface area contributed by atoms with E-state index in [1.807, 2.05) is 48.5 Å². The summed E-state index contributed by atoms with van der Waals surface area (Å²) in [7, 11) is 1.68. The SMILES string of the molecule is CNCC(=O)OCc1ccc(C(CN)C(=O)Nc2ccc3cnccc3c2)cc1. The van der Waals surface area contributed by atoms with E-state index in [2.05, 4.69) is 15.6 Å². The number of fused-ring (bicyclic) bond motifs is 1. The van der Waals surface area contributed by atoms with Crippen LogP contribution < -0.4 is 16.4 Å². The molecular formula is C22H24N4O3. The van der Waals surface area contributed by atoms with Crippen LogP contribution in [0.25, 0.3) is 10.8 Å². The van der Waals surface area contributed by atoms with Crippen molar-refractivity contribution >= 4 is 28.3 Å². The van der Waals surface area contributed by atoms with Crippen LogP contribution in [0.3, 0.4) is 0 Å². The number of nitrogens with one attached hydrogen (secondary N) is 2. The van der Waals surface area contributed by atoms with Gasteiger partial charge in [0.05, 0.1) is 12.5 Å². The molecule has 4 N–H and O–H groups in total. The molecule has 1 aromatic heterocycles. The van der Waals surface area contributed by atoms with E-state index < -0.39 is 5.92 Å². The van der Waals surface area contributed by atoms with Crippen LogP contribution in [0.4, 0.5) is 5.69 Å². The summed E-state index contributed by atoms with van der Waals surface area (Å²) in [5.41, 5.74) is 8.23. The lowest BCUT2D eigenvalue weighted by atomic mass is 9.97. The summed E-state index contributed by atoms with van der Waals surface area (Å²) in [6.07, 6.45) is 3.50. The van der Waals surface area contributed by atoms with Crippen molar-refractivity contribution in [1.29, 1.82) is 0 Å². The van der Waals surface area contributed by atoms with Crippen molar-refractivity contribution < 1.29 is 14.3 Å². The lowest BCUT2D eigenvalue weighted by Gasteiger charge is -2.16. The molecule has 0 bridgehead atoms. The molecule has 0 spiro atoms. The first-order valence-corrected chi connectivity index (χ1v) is 9.34. The van der Waals surface area contributed by atoms with Crippen molar-refractivity contribution in [3.05, 3.63) is 72.1 Å². The van der Waals surface area contributed by atoms with E-state index in [1.165, 1.54) is 0 Å². The number of pyridine rings is 1. The van der Waals surface area contributed by atoms with Gasteiger partial charge in [-0.3, -0.25) is 14.6 Å². The number of benzene rings is 2. The molecule has 1 atom stereocenters. The largest absolute Gasteiger partial charge is 0.460 e. The number of hydrogen-bond acceptors (Lipinski definition) is 6. The van der Waals surface area contributed by atoms with E-state index in [1.54, 1.807) is 19.4 Å². The van der Waals surface area contributed by atoms with Crippen molar-refractivity contribution in [3.63, 3.8) is 0 Å². The van der Waals surface area contributed by atoms with Crippen molar-refractivity contribution in [1.82, 2.24) is 10.3 Å². The molecule has 3 aromatic rings. The van der Waals surface area contributed by atoms with E-state index in [0.29, 0.717) is 5.69 Å². The highest BCUT2D eigenvalue weighted by molar-refractivity contribution is 5.98. The Bertz CT molecular complexity index is 989. The Hall–Kier alpha value is -3.29. The number of amides is 1. The van der Waals surface area contributed by atoms with Gasteiger partial charge in [0, 0.05) is 30.0 Å². The van der Waals surface area contributed by atoms with Crippen LogP contribution in [0.15, 0.2) is 60.9 Å². The number of aromatic nitrogens is 1. The van der Waals surface area contributed by atoms with Crippen molar-refractivity contribution in [2.24, 2.45) is 5.73 Å². The third-order valence-electron chi connectivity index (χ3n) is 4.56. The van der Waals surface area contributed by atoms with Crippen molar-refractivity contribution in [3.8, 4) is 0 Å². The second kappa shape index (κ2) is 9.77. The van der Waals surface area contributed by atoms with E-state index in [0.717, 1.165) is 21.9 Å². The number of nitrogens with zero attached hydrogens (tertiary/aromatic N) is 1. The average Bonchev–Trinajstić information content (AvgIpc) is 2.74. The molecule has 0 aliphatic carbocycles. The molecule has 0 saturated heterocycles. The highest BCUT2D eigenvalue weighted by Gasteiger charge is 2.19. The minimum atomic E-state index is -0.482. The van der Waals surface area contributed by atoms with Crippen LogP contribution in [0.1, 0.15) is 17.0 Å². The maximum absolute atomic E-state index is 12.8. The zero-order chi connectivity index (χ0) is 20.6. The zero-order valence-corrected chi connectivity index (χ0v) is 16.2. The van der Waals surface area contributed by atoms with Gasteiger partial charge in [-0.25, -0.2) is 0 Å². The Labute approximate surface area is 169 Å². The van der Waals surface area contributed by atoms with Gasteiger partial charge in [0.1, 0.15) is 6.61 Å². The summed E-state index contributed by atoms with van der Waals surface area (Å²) < 4.78 is 5.15. The van der Waals surface area contributed by atoms with Gasteiger partial charge in [-0.2, -0.15) is 0 Å². The smallest absolute Gasteiger partial charge is 0.320 e. The molecule has 0 fully saturated rings. The summed E-state index contributed by atoms with van der Waals surface area (Å²) in [4.78, 5) is 28.3. The number of anilines is 1. The number of esters is 1. The van der Waals surface area contributed by atoms with E-state index in [4.69, 9.17) is 10.5 Å². The number of likely N-dealkylation sites (N-methyl/N-ethyl adjacent to an activating group) is 1. The predicted octanol–water partition coefficient (Wildman–Crippen LogP) is 2.18. The molecule has 1 heterocycles. The molecule has 1 unspecified atom stereocenters. The molecule has 0 aliphatic rings. The predicted molar refractivity (Wildman–Crippen MR) is 112 cm³/mol. The van der Waals surface area contributed by atoms with E-state index in [-0.39, 0.29) is 31.6 Å². The third kappa shape index (κ3) is 5.37. The zero-order valence-electron chi connectivity index (χ0n) is 16.2. The monoisotopic (exact) mass is 392 g/mol. The van der Waals surface area contributed by atoms with Crippen molar-refractivity contribution in [2.75, 3.05) is 25.5 Å². The fraction of sp³-hybridized carbons (Fsp3) is 0.227. The average molecular weight is 392 g/mol. The molecule has 29 heavy (non-hydrogen) atoms. The summed E-state index contributed by atoms with van der Waals surface area (Å²) in [6.45, 7) is 0.533. The highest BCUT2D eigenvalue weighted by atomic mass is 16.5. The number of hydrogen-bond donors (Lipinski definition) is 3. The number of nitrogens with two attached hydrogens (primary N) is 1. The fourth-order valence-corrected chi connectivity index (χ4v) is 2.99. The minimum absolute atomic E-state index is 0.165. The number of carbonyl (C=O) groups excluding carboxylic acids is 2. The van der Waals surface area contributed by atoms with Gasteiger partial charge < -0.3 is 21.1 Å². The van der Waals surface area contributed by atoms with E-state index in [9.17, 15) is 9.59 Å². The molecule has 0 radical (unpaired) electrons. The van der Waals surface area contributed by atoms with Gasteiger partial charge in [-0.1, -0.05) is 30.3 Å². The Kier molecular flexibility index (Phi) is 6.89. The summed E-state index contributed by atoms with van der Waals surface area (Å²) in [5, 5.41) is 7.68. The lowest BCUT2D eigenvalue weighted by Crippen LogP contribution is -2.27. The molecule has 3 rings (SSSR count). The lowest BCUT2D eigenvalue weighted by molar-refractivity contribution is -0.143. The van der Waals surface area contributed by atoms with Gasteiger partial charge in [0.25, 0.3) is 0 Å². The molecule has 1 amide bonds. The number of ether oxygens (including phenoxy) is 1. The van der Waals surface area contributed by atoms with Crippen LogP contribution in [0.5, 0.6) is 0 Å². The van der Waals surface area contributed by atoms with Crippen LogP contribution in [0.2, 0.25) is 0 Å². The first-order valence-electron chi connectivity index (χ1n) is 9.34. The van der Waals surface area contributed by atoms with Gasteiger partial charge in [-0.05, 0) is 41.8 Å². The number of carbonyl (C=O) groups is 2. The fourth-order valence-electron chi connectivity index (χ4n) is 2.99. The quantitative estimate of drug-likeness (QED) is 0.507. The second-order valence-corrected chi connectivity index (χ2v) is 6.65. The van der Waals surface area contributed by atoms with Gasteiger partial charge in [0.2, 0.25) is 5.91 Å². The van der Waals surface area contributed by atoms with Crippen LogP contribution in [-0.4, -0.2) is 37.0 Å². The number of rotatable bonds is 8. The summed E-state index contributed by atoms with van der Waals surface area (Å²) >= 11 is 0.